The minimum Gasteiger partial charge on any atom is -0.446 e. The smallest absolute Gasteiger partial charge is 0.265 e. The first-order chi connectivity index (χ1) is 15.6. The number of furan rings is 1. The molecule has 0 amide bonds. The second kappa shape index (κ2) is 9.84. The number of benzene rings is 1. The quantitative estimate of drug-likeness (QED) is 0.433. The Bertz CT molecular complexity index is 1220. The van der Waals surface area contributed by atoms with E-state index in [0.717, 1.165) is 23.4 Å². The van der Waals surface area contributed by atoms with Crippen LogP contribution in [0.5, 0.6) is 0 Å². The van der Waals surface area contributed by atoms with Crippen LogP contribution >= 0.6 is 0 Å². The fourth-order valence-corrected chi connectivity index (χ4v) is 3.99. The molecule has 0 fully saturated rings. The van der Waals surface area contributed by atoms with E-state index in [1.165, 1.54) is 6.26 Å². The van der Waals surface area contributed by atoms with Crippen molar-refractivity contribution < 1.29 is 4.42 Å². The number of hydrogen-bond acceptors (Lipinski definition) is 7. The molecule has 1 unspecified atom stereocenters. The summed E-state index contributed by atoms with van der Waals surface area (Å²) in [4.78, 5) is 29.1. The summed E-state index contributed by atoms with van der Waals surface area (Å²) in [7, 11) is 0. The molecule has 0 aliphatic carbocycles. The Labute approximate surface area is 186 Å². The Balaban J connectivity index is 1.79. The molecule has 0 aliphatic heterocycles. The summed E-state index contributed by atoms with van der Waals surface area (Å²) in [5.74, 6) is 1.40. The van der Waals surface area contributed by atoms with E-state index in [1.54, 1.807) is 10.6 Å². The third kappa shape index (κ3) is 4.61. The Morgan fingerprint density at radius 3 is 2.56 bits per heavy atom. The van der Waals surface area contributed by atoms with E-state index in [4.69, 9.17) is 15.1 Å². The highest BCUT2D eigenvalue weighted by Gasteiger charge is 2.26. The molecule has 0 aliphatic rings. The lowest BCUT2D eigenvalue weighted by Gasteiger charge is -2.31. The maximum absolute atomic E-state index is 13.4. The number of nitrogens with two attached hydrogens (primary N) is 1. The van der Waals surface area contributed by atoms with Gasteiger partial charge in [0.2, 0.25) is 5.71 Å². The molecule has 8 heteroatoms. The Morgan fingerprint density at radius 1 is 1.12 bits per heavy atom. The monoisotopic (exact) mass is 432 g/mol. The van der Waals surface area contributed by atoms with Crippen molar-refractivity contribution in [3.05, 3.63) is 88.2 Å². The summed E-state index contributed by atoms with van der Waals surface area (Å²) in [5, 5.41) is 0.483. The zero-order chi connectivity index (χ0) is 22.5. The second-order valence-corrected chi connectivity index (χ2v) is 7.81. The number of rotatable bonds is 9. The van der Waals surface area contributed by atoms with Gasteiger partial charge >= 0.3 is 0 Å². The summed E-state index contributed by atoms with van der Waals surface area (Å²) in [6, 6.07) is 11.5. The van der Waals surface area contributed by atoms with E-state index in [-0.39, 0.29) is 11.6 Å². The van der Waals surface area contributed by atoms with Gasteiger partial charge in [-0.3, -0.25) is 14.3 Å². The summed E-state index contributed by atoms with van der Waals surface area (Å²) >= 11 is 0. The van der Waals surface area contributed by atoms with E-state index in [1.807, 2.05) is 49.6 Å². The summed E-state index contributed by atoms with van der Waals surface area (Å²) < 4.78 is 7.28. The zero-order valence-electron chi connectivity index (χ0n) is 18.4. The Hall–Kier alpha value is -3.36. The predicted octanol–water partition coefficient (Wildman–Crippen LogP) is 3.05. The molecule has 0 saturated carbocycles. The predicted molar refractivity (Wildman–Crippen MR) is 123 cm³/mol. The number of aromatic nitrogens is 4. The standard InChI is InChI=1S/C24H28N6O2/c1-3-21(29(11-10-25)15-19-13-26-17(2)27-14-19)22-28-23-20(9-12-32-23)24(31)30(22)16-18-7-5-4-6-8-18/h4-9,12-14,21H,3,10-11,15-16,25H2,1-2H3. The molecule has 3 heterocycles. The fourth-order valence-electron chi connectivity index (χ4n) is 3.99. The van der Waals surface area contributed by atoms with Gasteiger partial charge in [0.15, 0.2) is 0 Å². The molecule has 32 heavy (non-hydrogen) atoms. The lowest BCUT2D eigenvalue weighted by molar-refractivity contribution is 0.175. The normalized spacial score (nSPS) is 12.5. The molecule has 0 spiro atoms. The first-order valence-corrected chi connectivity index (χ1v) is 10.8. The Morgan fingerprint density at radius 2 is 1.88 bits per heavy atom. The van der Waals surface area contributed by atoms with Crippen LogP contribution in [0.2, 0.25) is 0 Å². The van der Waals surface area contributed by atoms with E-state index in [0.29, 0.717) is 43.1 Å². The van der Waals surface area contributed by atoms with Gasteiger partial charge in [-0.05, 0) is 25.0 Å². The molecule has 0 saturated heterocycles. The molecule has 4 rings (SSSR count). The van der Waals surface area contributed by atoms with Crippen LogP contribution < -0.4 is 11.3 Å². The van der Waals surface area contributed by atoms with Crippen LogP contribution in [0.1, 0.15) is 42.2 Å². The van der Waals surface area contributed by atoms with E-state index in [9.17, 15) is 4.79 Å². The summed E-state index contributed by atoms with van der Waals surface area (Å²) in [5.41, 5.74) is 8.24. The van der Waals surface area contributed by atoms with Crippen LogP contribution in [0.4, 0.5) is 0 Å². The molecule has 1 aromatic carbocycles. The topological polar surface area (TPSA) is 103 Å². The van der Waals surface area contributed by atoms with Crippen molar-refractivity contribution in [2.75, 3.05) is 13.1 Å². The third-order valence-electron chi connectivity index (χ3n) is 5.56. The highest BCUT2D eigenvalue weighted by molar-refractivity contribution is 5.71. The fraction of sp³-hybridized carbons (Fsp3) is 0.333. The average molecular weight is 433 g/mol. The van der Waals surface area contributed by atoms with Gasteiger partial charge in [-0.15, -0.1) is 0 Å². The molecule has 0 radical (unpaired) electrons. The van der Waals surface area contributed by atoms with Crippen LogP contribution in [0.15, 0.2) is 64.3 Å². The van der Waals surface area contributed by atoms with Crippen molar-refractivity contribution in [3.8, 4) is 0 Å². The molecule has 8 nitrogen and oxygen atoms in total. The number of aryl methyl sites for hydroxylation is 1. The van der Waals surface area contributed by atoms with Gasteiger partial charge in [0, 0.05) is 37.6 Å². The van der Waals surface area contributed by atoms with Crippen molar-refractivity contribution >= 4 is 11.1 Å². The van der Waals surface area contributed by atoms with Gasteiger partial charge in [-0.2, -0.15) is 4.98 Å². The van der Waals surface area contributed by atoms with Gasteiger partial charge in [0.25, 0.3) is 5.56 Å². The number of hydrogen-bond donors (Lipinski definition) is 1. The average Bonchev–Trinajstić information content (AvgIpc) is 3.28. The molecule has 166 valence electrons. The first-order valence-electron chi connectivity index (χ1n) is 10.8. The maximum Gasteiger partial charge on any atom is 0.265 e. The molecule has 0 bridgehead atoms. The van der Waals surface area contributed by atoms with Crippen LogP contribution in [-0.4, -0.2) is 37.5 Å². The van der Waals surface area contributed by atoms with Crippen molar-refractivity contribution in [2.45, 2.75) is 39.4 Å². The van der Waals surface area contributed by atoms with Gasteiger partial charge < -0.3 is 10.2 Å². The SMILES string of the molecule is CCC(c1nc2occc2c(=O)n1Cc1ccccc1)N(CCN)Cc1cnc(C)nc1. The van der Waals surface area contributed by atoms with Crippen molar-refractivity contribution in [2.24, 2.45) is 5.73 Å². The van der Waals surface area contributed by atoms with Crippen LogP contribution in [-0.2, 0) is 13.1 Å². The van der Waals surface area contributed by atoms with Gasteiger partial charge in [0.05, 0.1) is 18.8 Å². The molecule has 4 aromatic rings. The van der Waals surface area contributed by atoms with E-state index >= 15 is 0 Å². The van der Waals surface area contributed by atoms with Crippen molar-refractivity contribution in [1.29, 1.82) is 0 Å². The first kappa shape index (κ1) is 21.9. The summed E-state index contributed by atoms with van der Waals surface area (Å²) in [6.07, 6.45) is 5.93. The van der Waals surface area contributed by atoms with Crippen LogP contribution in [0.3, 0.4) is 0 Å². The van der Waals surface area contributed by atoms with Crippen LogP contribution in [0.25, 0.3) is 11.1 Å². The second-order valence-electron chi connectivity index (χ2n) is 7.81. The minimum absolute atomic E-state index is 0.104. The Kier molecular flexibility index (Phi) is 6.72. The highest BCUT2D eigenvalue weighted by Crippen LogP contribution is 2.26. The van der Waals surface area contributed by atoms with Crippen molar-refractivity contribution in [3.63, 3.8) is 0 Å². The summed E-state index contributed by atoms with van der Waals surface area (Å²) in [6.45, 7) is 6.11. The number of nitrogens with zero attached hydrogens (tertiary/aromatic N) is 5. The molecular formula is C24H28N6O2. The van der Waals surface area contributed by atoms with Gasteiger partial charge in [0.1, 0.15) is 17.0 Å². The van der Waals surface area contributed by atoms with Gasteiger partial charge in [-0.1, -0.05) is 37.3 Å². The van der Waals surface area contributed by atoms with E-state index in [2.05, 4.69) is 21.8 Å². The molecule has 2 N–H and O–H groups in total. The van der Waals surface area contributed by atoms with E-state index < -0.39 is 0 Å². The zero-order valence-corrected chi connectivity index (χ0v) is 18.4. The van der Waals surface area contributed by atoms with Crippen LogP contribution in [0, 0.1) is 6.92 Å². The molecule has 1 atom stereocenters. The lowest BCUT2D eigenvalue weighted by atomic mass is 10.1. The third-order valence-corrected chi connectivity index (χ3v) is 5.56. The minimum atomic E-state index is -0.134. The highest BCUT2D eigenvalue weighted by atomic mass is 16.3. The maximum atomic E-state index is 13.4. The lowest BCUT2D eigenvalue weighted by Crippen LogP contribution is -2.37. The van der Waals surface area contributed by atoms with Crippen molar-refractivity contribution in [1.82, 2.24) is 24.4 Å². The largest absolute Gasteiger partial charge is 0.446 e. The molecular weight excluding hydrogens is 404 g/mol. The molecule has 3 aromatic heterocycles. The van der Waals surface area contributed by atoms with Gasteiger partial charge in [-0.25, -0.2) is 9.97 Å². The number of fused-ring (bicyclic) bond motifs is 1.